The van der Waals surface area contributed by atoms with Gasteiger partial charge in [0.15, 0.2) is 23.0 Å². The summed E-state index contributed by atoms with van der Waals surface area (Å²) in [7, 11) is 3.05. The van der Waals surface area contributed by atoms with Crippen molar-refractivity contribution in [2.45, 2.75) is 0 Å². The van der Waals surface area contributed by atoms with Crippen molar-refractivity contribution in [3.8, 4) is 23.0 Å². The molecule has 0 aliphatic heterocycles. The first-order chi connectivity index (χ1) is 8.69. The molecule has 0 spiro atoms. The second-order valence-corrected chi connectivity index (χ2v) is 3.34. The third kappa shape index (κ3) is 8.87. The molecule has 0 heterocycles. The van der Waals surface area contributed by atoms with Gasteiger partial charge in [-0.15, -0.1) is 24.8 Å². The van der Waals surface area contributed by atoms with E-state index in [9.17, 15) is 0 Å². The number of aromatic hydroxyl groups is 2. The largest absolute Gasteiger partial charge is 0.504 e. The third-order valence-corrected chi connectivity index (χ3v) is 2.17. The second kappa shape index (κ2) is 14.1. The standard InChI is InChI=1S/2C7H8O2.2ClH.Zr/c2*1-9-7-5-3-2-4-6(7)8;;;/h2*2-5,8H,1H3;2*1H;. The van der Waals surface area contributed by atoms with Gasteiger partial charge in [-0.1, -0.05) is 24.3 Å². The zero-order valence-corrected chi connectivity index (χ0v) is 15.7. The van der Waals surface area contributed by atoms with E-state index in [0.29, 0.717) is 11.5 Å². The van der Waals surface area contributed by atoms with Gasteiger partial charge in [-0.05, 0) is 24.3 Å². The number of hydrogen-bond donors (Lipinski definition) is 2. The molecule has 2 rings (SSSR count). The van der Waals surface area contributed by atoms with Gasteiger partial charge in [-0.3, -0.25) is 0 Å². The first-order valence-electron chi connectivity index (χ1n) is 5.33. The Kier molecular flexibility index (Phi) is 16.8. The summed E-state index contributed by atoms with van der Waals surface area (Å²) in [6.07, 6.45) is 0. The Bertz CT molecular complexity index is 452. The molecule has 0 fully saturated rings. The number of phenols is 2. The normalized spacial score (nSPS) is 7.71. The van der Waals surface area contributed by atoms with Crippen LogP contribution in [-0.4, -0.2) is 24.4 Å². The van der Waals surface area contributed by atoms with Crippen molar-refractivity contribution in [2.24, 2.45) is 0 Å². The molecule has 0 saturated carbocycles. The molecule has 0 atom stereocenters. The quantitative estimate of drug-likeness (QED) is 0.791. The molecule has 2 aromatic rings. The Labute approximate surface area is 156 Å². The summed E-state index contributed by atoms with van der Waals surface area (Å²) in [6, 6.07) is 13.7. The van der Waals surface area contributed by atoms with E-state index < -0.39 is 0 Å². The van der Waals surface area contributed by atoms with Crippen LogP contribution in [0.4, 0.5) is 0 Å². The Balaban J connectivity index is -0.000000270. The molecule has 0 amide bonds. The minimum Gasteiger partial charge on any atom is -0.504 e. The Morgan fingerprint density at radius 1 is 0.667 bits per heavy atom. The van der Waals surface area contributed by atoms with Crippen molar-refractivity contribution in [3.05, 3.63) is 48.5 Å². The van der Waals surface area contributed by atoms with Gasteiger partial charge >= 0.3 is 0 Å². The smallest absolute Gasteiger partial charge is 0.160 e. The Morgan fingerprint density at radius 3 is 1.14 bits per heavy atom. The minimum absolute atomic E-state index is 0. The van der Waals surface area contributed by atoms with Gasteiger partial charge in [0, 0.05) is 26.2 Å². The summed E-state index contributed by atoms with van der Waals surface area (Å²) in [6.45, 7) is 0. The van der Waals surface area contributed by atoms with E-state index in [4.69, 9.17) is 19.7 Å². The number of hydrogen-bond acceptors (Lipinski definition) is 4. The van der Waals surface area contributed by atoms with Crippen LogP contribution < -0.4 is 9.47 Å². The van der Waals surface area contributed by atoms with E-state index >= 15 is 0 Å². The third-order valence-electron chi connectivity index (χ3n) is 2.17. The van der Waals surface area contributed by atoms with Crippen LogP contribution in [0, 0.1) is 0 Å². The maximum absolute atomic E-state index is 8.99. The number of rotatable bonds is 2. The monoisotopic (exact) mass is 410 g/mol. The second-order valence-electron chi connectivity index (χ2n) is 3.34. The number of para-hydroxylation sites is 4. The Morgan fingerprint density at radius 2 is 0.952 bits per heavy atom. The molecule has 0 saturated heterocycles. The molecule has 0 unspecified atom stereocenters. The van der Waals surface area contributed by atoms with E-state index in [-0.39, 0.29) is 62.5 Å². The van der Waals surface area contributed by atoms with Gasteiger partial charge in [0.05, 0.1) is 14.2 Å². The van der Waals surface area contributed by atoms with Crippen molar-refractivity contribution in [2.75, 3.05) is 14.2 Å². The van der Waals surface area contributed by atoms with E-state index in [2.05, 4.69) is 0 Å². The number of benzene rings is 2. The van der Waals surface area contributed by atoms with Crippen molar-refractivity contribution in [1.29, 1.82) is 0 Å². The molecule has 0 bridgehead atoms. The van der Waals surface area contributed by atoms with Gasteiger partial charge in [0.25, 0.3) is 0 Å². The van der Waals surface area contributed by atoms with E-state index in [1.807, 2.05) is 0 Å². The van der Waals surface area contributed by atoms with Gasteiger partial charge in [-0.25, -0.2) is 0 Å². The predicted molar refractivity (Wildman–Crippen MR) is 83.8 cm³/mol. The minimum atomic E-state index is 0. The van der Waals surface area contributed by atoms with Gasteiger partial charge in [0.1, 0.15) is 0 Å². The van der Waals surface area contributed by atoms with Crippen molar-refractivity contribution < 1.29 is 45.9 Å². The average Bonchev–Trinajstić information content (AvgIpc) is 2.41. The summed E-state index contributed by atoms with van der Waals surface area (Å²) in [4.78, 5) is 0. The molecule has 116 valence electrons. The zero-order valence-electron chi connectivity index (χ0n) is 11.6. The molecular formula is C14H18Cl2O4Zr. The van der Waals surface area contributed by atoms with Gasteiger partial charge in [0.2, 0.25) is 0 Å². The van der Waals surface area contributed by atoms with Crippen LogP contribution in [0.1, 0.15) is 0 Å². The SMILES string of the molecule is COc1ccccc1O.COc1ccccc1O.Cl.Cl.[Zr]. The summed E-state index contributed by atoms with van der Waals surface area (Å²) in [5.74, 6) is 1.38. The fraction of sp³-hybridized carbons (Fsp3) is 0.143. The van der Waals surface area contributed by atoms with Gasteiger partial charge < -0.3 is 19.7 Å². The van der Waals surface area contributed by atoms with E-state index in [0.717, 1.165) is 0 Å². The molecule has 0 aliphatic rings. The number of methoxy groups -OCH3 is 2. The van der Waals surface area contributed by atoms with Crippen LogP contribution in [0.25, 0.3) is 0 Å². The summed E-state index contributed by atoms with van der Waals surface area (Å²) < 4.78 is 9.59. The van der Waals surface area contributed by atoms with Gasteiger partial charge in [-0.2, -0.15) is 0 Å². The zero-order chi connectivity index (χ0) is 13.4. The summed E-state index contributed by atoms with van der Waals surface area (Å²) >= 11 is 0. The van der Waals surface area contributed by atoms with Crippen LogP contribution in [-0.2, 0) is 26.2 Å². The van der Waals surface area contributed by atoms with Crippen LogP contribution in [0.5, 0.6) is 23.0 Å². The molecule has 21 heavy (non-hydrogen) atoms. The maximum atomic E-state index is 8.99. The van der Waals surface area contributed by atoms with E-state index in [1.165, 1.54) is 14.2 Å². The molecule has 2 N–H and O–H groups in total. The van der Waals surface area contributed by atoms with Crippen molar-refractivity contribution >= 4 is 24.8 Å². The van der Waals surface area contributed by atoms with Crippen molar-refractivity contribution in [3.63, 3.8) is 0 Å². The fourth-order valence-corrected chi connectivity index (χ4v) is 1.26. The topological polar surface area (TPSA) is 58.9 Å². The van der Waals surface area contributed by atoms with Crippen molar-refractivity contribution in [1.82, 2.24) is 0 Å². The molecule has 0 radical (unpaired) electrons. The predicted octanol–water partition coefficient (Wildman–Crippen LogP) is 3.64. The molecule has 0 aliphatic carbocycles. The first-order valence-corrected chi connectivity index (χ1v) is 5.33. The average molecular weight is 412 g/mol. The van der Waals surface area contributed by atoms with Crippen LogP contribution in [0.15, 0.2) is 48.5 Å². The van der Waals surface area contributed by atoms with Crippen LogP contribution in [0.2, 0.25) is 0 Å². The molecule has 2 aromatic carbocycles. The van der Waals surface area contributed by atoms with Crippen LogP contribution >= 0.6 is 24.8 Å². The molecule has 0 aromatic heterocycles. The number of ether oxygens (including phenoxy) is 2. The van der Waals surface area contributed by atoms with Crippen LogP contribution in [0.3, 0.4) is 0 Å². The number of phenolic OH excluding ortho intramolecular Hbond substituents is 2. The molecule has 7 heteroatoms. The maximum Gasteiger partial charge on any atom is 0.160 e. The van der Waals surface area contributed by atoms with E-state index in [1.54, 1.807) is 48.5 Å². The first kappa shape index (κ1) is 25.1. The summed E-state index contributed by atoms with van der Waals surface area (Å²) in [5.41, 5.74) is 0. The number of halogens is 2. The Hall–Kier alpha value is -0.897. The molecular weight excluding hydrogens is 394 g/mol. The fourth-order valence-electron chi connectivity index (χ4n) is 1.26. The summed E-state index contributed by atoms with van der Waals surface area (Å²) in [5, 5.41) is 18.0. The molecule has 4 nitrogen and oxygen atoms in total.